The second-order valence-electron chi connectivity index (χ2n) is 3.73. The van der Waals surface area contributed by atoms with Gasteiger partial charge in [0.05, 0.1) is 10.9 Å². The highest BCUT2D eigenvalue weighted by Crippen LogP contribution is 2.33. The summed E-state index contributed by atoms with van der Waals surface area (Å²) in [7, 11) is 0. The molecule has 0 bridgehead atoms. The number of benzene rings is 1. The van der Waals surface area contributed by atoms with Crippen LogP contribution < -0.4 is 5.32 Å². The van der Waals surface area contributed by atoms with E-state index >= 15 is 0 Å². The summed E-state index contributed by atoms with van der Waals surface area (Å²) in [6.07, 6.45) is -2.14. The Balaban J connectivity index is 2.09. The van der Waals surface area contributed by atoms with Gasteiger partial charge in [-0.1, -0.05) is 6.07 Å². The van der Waals surface area contributed by atoms with Gasteiger partial charge in [-0.3, -0.25) is 0 Å². The predicted molar refractivity (Wildman–Crippen MR) is 58.3 cm³/mol. The lowest BCUT2D eigenvalue weighted by Gasteiger charge is -2.12. The van der Waals surface area contributed by atoms with Crippen LogP contribution in [-0.2, 0) is 6.18 Å². The van der Waals surface area contributed by atoms with Crippen LogP contribution in [0.15, 0.2) is 29.2 Å². The Morgan fingerprint density at radius 3 is 2.75 bits per heavy atom. The van der Waals surface area contributed by atoms with Crippen molar-refractivity contribution in [3.8, 4) is 0 Å². The van der Waals surface area contributed by atoms with Crippen molar-refractivity contribution in [2.45, 2.75) is 29.3 Å². The molecule has 2 rings (SSSR count). The Kier molecular flexibility index (Phi) is 3.44. The van der Waals surface area contributed by atoms with Gasteiger partial charge in [0.1, 0.15) is 0 Å². The lowest BCUT2D eigenvalue weighted by molar-refractivity contribution is -0.137. The lowest BCUT2D eigenvalue weighted by atomic mass is 10.2. The molecule has 1 atom stereocenters. The predicted octanol–water partition coefficient (Wildman–Crippen LogP) is 3.51. The summed E-state index contributed by atoms with van der Waals surface area (Å²) >= 11 is 1.47. The molecular formula is C11H12F3NS. The van der Waals surface area contributed by atoms with Crippen LogP contribution in [0.25, 0.3) is 0 Å². The number of hydrogen-bond acceptors (Lipinski definition) is 2. The van der Waals surface area contributed by atoms with Crippen LogP contribution in [0.1, 0.15) is 18.4 Å². The van der Waals surface area contributed by atoms with Crippen molar-refractivity contribution < 1.29 is 13.2 Å². The van der Waals surface area contributed by atoms with E-state index < -0.39 is 11.7 Å². The maximum absolute atomic E-state index is 12.5. The Morgan fingerprint density at radius 2 is 2.12 bits per heavy atom. The molecule has 5 heteroatoms. The van der Waals surface area contributed by atoms with Gasteiger partial charge in [0.15, 0.2) is 0 Å². The van der Waals surface area contributed by atoms with Crippen LogP contribution in [0.3, 0.4) is 0 Å². The summed E-state index contributed by atoms with van der Waals surface area (Å²) in [5, 5.41) is 3.50. The Morgan fingerprint density at radius 1 is 1.31 bits per heavy atom. The molecule has 0 aliphatic carbocycles. The van der Waals surface area contributed by atoms with Crippen LogP contribution in [-0.4, -0.2) is 11.9 Å². The highest BCUT2D eigenvalue weighted by atomic mass is 32.2. The molecule has 0 saturated carbocycles. The minimum Gasteiger partial charge on any atom is -0.305 e. The lowest BCUT2D eigenvalue weighted by Crippen LogP contribution is -2.17. The second-order valence-corrected chi connectivity index (χ2v) is 5.00. The molecular weight excluding hydrogens is 235 g/mol. The summed E-state index contributed by atoms with van der Waals surface area (Å²) in [6.45, 7) is 0.955. The van der Waals surface area contributed by atoms with E-state index in [0.717, 1.165) is 25.5 Å². The van der Waals surface area contributed by atoms with Gasteiger partial charge in [-0.2, -0.15) is 13.2 Å². The van der Waals surface area contributed by atoms with Crippen molar-refractivity contribution in [3.63, 3.8) is 0 Å². The topological polar surface area (TPSA) is 12.0 Å². The molecule has 16 heavy (non-hydrogen) atoms. The molecule has 1 aliphatic rings. The molecule has 1 saturated heterocycles. The number of nitrogens with one attached hydrogen (secondary N) is 1. The van der Waals surface area contributed by atoms with Crippen molar-refractivity contribution in [3.05, 3.63) is 29.8 Å². The van der Waals surface area contributed by atoms with Gasteiger partial charge in [0.25, 0.3) is 0 Å². The summed E-state index contributed by atoms with van der Waals surface area (Å²) in [5.74, 6) is 0. The zero-order chi connectivity index (χ0) is 11.6. The largest absolute Gasteiger partial charge is 0.416 e. The third-order valence-electron chi connectivity index (χ3n) is 2.45. The second kappa shape index (κ2) is 4.67. The maximum atomic E-state index is 12.5. The zero-order valence-corrected chi connectivity index (χ0v) is 9.37. The van der Waals surface area contributed by atoms with E-state index in [1.807, 2.05) is 0 Å². The normalized spacial score (nSPS) is 21.3. The van der Waals surface area contributed by atoms with Crippen molar-refractivity contribution in [1.29, 1.82) is 0 Å². The van der Waals surface area contributed by atoms with Gasteiger partial charge in [-0.25, -0.2) is 0 Å². The minimum absolute atomic E-state index is 0.253. The SMILES string of the molecule is FC(F)(F)c1cccc(SC2CCCN2)c1. The molecule has 1 aromatic carbocycles. The van der Waals surface area contributed by atoms with Crippen LogP contribution in [0.2, 0.25) is 0 Å². The van der Waals surface area contributed by atoms with Crippen molar-refractivity contribution in [2.75, 3.05) is 6.54 Å². The number of thioether (sulfide) groups is 1. The number of halogens is 3. The van der Waals surface area contributed by atoms with Gasteiger partial charge in [-0.05, 0) is 37.6 Å². The standard InChI is InChI=1S/C11H12F3NS/c12-11(13,14)8-3-1-4-9(7-8)16-10-5-2-6-15-10/h1,3-4,7,10,15H,2,5-6H2. The maximum Gasteiger partial charge on any atom is 0.416 e. The summed E-state index contributed by atoms with van der Waals surface area (Å²) in [5.41, 5.74) is -0.574. The zero-order valence-electron chi connectivity index (χ0n) is 8.55. The summed E-state index contributed by atoms with van der Waals surface area (Å²) in [6, 6.07) is 5.50. The Bertz CT molecular complexity index is 358. The number of alkyl halides is 3. The van der Waals surface area contributed by atoms with Gasteiger partial charge >= 0.3 is 6.18 Å². The third-order valence-corrected chi connectivity index (χ3v) is 3.67. The molecule has 1 aromatic rings. The monoisotopic (exact) mass is 247 g/mol. The fourth-order valence-electron chi connectivity index (χ4n) is 1.66. The van der Waals surface area contributed by atoms with Crippen LogP contribution in [0.5, 0.6) is 0 Å². The Hall–Kier alpha value is -0.680. The van der Waals surface area contributed by atoms with E-state index in [-0.39, 0.29) is 5.37 Å². The molecule has 1 nitrogen and oxygen atoms in total. The van der Waals surface area contributed by atoms with Crippen LogP contribution >= 0.6 is 11.8 Å². The fourth-order valence-corrected chi connectivity index (χ4v) is 2.83. The molecule has 1 heterocycles. The molecule has 0 radical (unpaired) electrons. The van der Waals surface area contributed by atoms with Gasteiger partial charge in [-0.15, -0.1) is 11.8 Å². The summed E-state index contributed by atoms with van der Waals surface area (Å²) in [4.78, 5) is 0.675. The van der Waals surface area contributed by atoms with Crippen LogP contribution in [0, 0.1) is 0 Å². The van der Waals surface area contributed by atoms with E-state index in [2.05, 4.69) is 5.32 Å². The molecule has 1 N–H and O–H groups in total. The van der Waals surface area contributed by atoms with E-state index in [1.54, 1.807) is 6.07 Å². The molecule has 1 unspecified atom stereocenters. The van der Waals surface area contributed by atoms with E-state index in [1.165, 1.54) is 23.9 Å². The Labute approximate surface area is 96.4 Å². The van der Waals surface area contributed by atoms with E-state index in [4.69, 9.17) is 0 Å². The first-order valence-corrected chi connectivity index (χ1v) is 6.01. The fraction of sp³-hybridized carbons (Fsp3) is 0.455. The smallest absolute Gasteiger partial charge is 0.305 e. The first-order valence-electron chi connectivity index (χ1n) is 5.13. The number of hydrogen-bond donors (Lipinski definition) is 1. The summed E-state index contributed by atoms with van der Waals surface area (Å²) < 4.78 is 37.4. The molecule has 1 fully saturated rings. The van der Waals surface area contributed by atoms with Crippen molar-refractivity contribution in [2.24, 2.45) is 0 Å². The molecule has 88 valence electrons. The van der Waals surface area contributed by atoms with Crippen LogP contribution in [0.4, 0.5) is 13.2 Å². The van der Waals surface area contributed by atoms with Gasteiger partial charge < -0.3 is 5.32 Å². The molecule has 0 spiro atoms. The van der Waals surface area contributed by atoms with E-state index in [0.29, 0.717) is 4.90 Å². The minimum atomic E-state index is -4.25. The van der Waals surface area contributed by atoms with Gasteiger partial charge in [0.2, 0.25) is 0 Å². The number of rotatable bonds is 2. The molecule has 0 aromatic heterocycles. The van der Waals surface area contributed by atoms with Crippen molar-refractivity contribution >= 4 is 11.8 Å². The highest BCUT2D eigenvalue weighted by molar-refractivity contribution is 7.99. The highest BCUT2D eigenvalue weighted by Gasteiger charge is 2.30. The third kappa shape index (κ3) is 2.92. The first kappa shape index (κ1) is 11.8. The molecule has 0 amide bonds. The molecule has 1 aliphatic heterocycles. The average Bonchev–Trinajstić information content (AvgIpc) is 2.70. The quantitative estimate of drug-likeness (QED) is 0.858. The van der Waals surface area contributed by atoms with Crippen molar-refractivity contribution in [1.82, 2.24) is 5.32 Å². The average molecular weight is 247 g/mol. The first-order chi connectivity index (χ1) is 7.55. The van der Waals surface area contributed by atoms with E-state index in [9.17, 15) is 13.2 Å². The van der Waals surface area contributed by atoms with Gasteiger partial charge in [0, 0.05) is 4.90 Å².